The summed E-state index contributed by atoms with van der Waals surface area (Å²) in [6.07, 6.45) is 7.79. The minimum atomic E-state index is -0.772. The summed E-state index contributed by atoms with van der Waals surface area (Å²) in [6.45, 7) is 9.31. The van der Waals surface area contributed by atoms with Gasteiger partial charge in [0.2, 0.25) is 0 Å². The van der Waals surface area contributed by atoms with Crippen LogP contribution < -0.4 is 0 Å². The third kappa shape index (κ3) is 6.63. The first-order valence-corrected chi connectivity index (χ1v) is 8.20. The van der Waals surface area contributed by atoms with Crippen molar-refractivity contribution >= 4 is 11.9 Å². The Labute approximate surface area is 133 Å². The van der Waals surface area contributed by atoms with Gasteiger partial charge >= 0.3 is 11.9 Å². The zero-order valence-electron chi connectivity index (χ0n) is 14.2. The summed E-state index contributed by atoms with van der Waals surface area (Å²) in [5.74, 6) is -0.391. The number of carbonyl (C=O) groups is 2. The van der Waals surface area contributed by atoms with E-state index in [4.69, 9.17) is 4.74 Å². The molecule has 126 valence electrons. The lowest BCUT2D eigenvalue weighted by atomic mass is 9.66. The van der Waals surface area contributed by atoms with Crippen LogP contribution in [0, 0.1) is 11.3 Å². The normalized spacial score (nSPS) is 25.5. The predicted octanol–water partition coefficient (Wildman–Crippen LogP) is 4.34. The standard InChI is InChI=1S/C18H30O4/c1-5-6-14-7-10-18(11-8-14,13-15(19)20)12-9-16(21)22-17(2,3)4/h5,14H,1,6-13H2,2-4H3,(H,19,20). The number of carboxylic acids is 1. The number of esters is 1. The molecule has 1 N–H and O–H groups in total. The Morgan fingerprint density at radius 3 is 2.36 bits per heavy atom. The Morgan fingerprint density at radius 1 is 1.32 bits per heavy atom. The van der Waals surface area contributed by atoms with Gasteiger partial charge in [-0.1, -0.05) is 6.08 Å². The molecule has 4 heteroatoms. The maximum Gasteiger partial charge on any atom is 0.306 e. The molecule has 4 nitrogen and oxygen atoms in total. The summed E-state index contributed by atoms with van der Waals surface area (Å²) in [6, 6.07) is 0. The molecule has 22 heavy (non-hydrogen) atoms. The van der Waals surface area contributed by atoms with Gasteiger partial charge in [0.05, 0.1) is 6.42 Å². The highest BCUT2D eigenvalue weighted by molar-refractivity contribution is 5.70. The van der Waals surface area contributed by atoms with Crippen molar-refractivity contribution in [3.63, 3.8) is 0 Å². The quantitative estimate of drug-likeness (QED) is 0.561. The van der Waals surface area contributed by atoms with Crippen LogP contribution in [0.2, 0.25) is 0 Å². The van der Waals surface area contributed by atoms with Crippen LogP contribution >= 0.6 is 0 Å². The smallest absolute Gasteiger partial charge is 0.306 e. The second-order valence-corrected chi connectivity index (χ2v) is 7.62. The number of carbonyl (C=O) groups excluding carboxylic acids is 1. The number of aliphatic carboxylic acids is 1. The van der Waals surface area contributed by atoms with Crippen LogP contribution in [0.15, 0.2) is 12.7 Å². The Balaban J connectivity index is 2.60. The van der Waals surface area contributed by atoms with Crippen molar-refractivity contribution < 1.29 is 19.4 Å². The van der Waals surface area contributed by atoms with Gasteiger partial charge in [-0.2, -0.15) is 0 Å². The van der Waals surface area contributed by atoms with Crippen molar-refractivity contribution in [3.8, 4) is 0 Å². The Bertz CT molecular complexity index is 398. The molecule has 1 rings (SSSR count). The highest BCUT2D eigenvalue weighted by atomic mass is 16.6. The van der Waals surface area contributed by atoms with Crippen LogP contribution in [-0.2, 0) is 14.3 Å². The number of rotatable bonds is 7. The maximum absolute atomic E-state index is 11.9. The van der Waals surface area contributed by atoms with Crippen molar-refractivity contribution in [1.82, 2.24) is 0 Å². The van der Waals surface area contributed by atoms with E-state index in [1.165, 1.54) is 0 Å². The number of allylic oxidation sites excluding steroid dienone is 1. The topological polar surface area (TPSA) is 63.6 Å². The van der Waals surface area contributed by atoms with E-state index >= 15 is 0 Å². The van der Waals surface area contributed by atoms with Gasteiger partial charge in [-0.05, 0) is 70.6 Å². The molecule has 0 saturated heterocycles. The van der Waals surface area contributed by atoms with Gasteiger partial charge in [0, 0.05) is 6.42 Å². The summed E-state index contributed by atoms with van der Waals surface area (Å²) in [5, 5.41) is 9.22. The summed E-state index contributed by atoms with van der Waals surface area (Å²) in [7, 11) is 0. The van der Waals surface area contributed by atoms with Crippen LogP contribution in [0.25, 0.3) is 0 Å². The van der Waals surface area contributed by atoms with Gasteiger partial charge < -0.3 is 9.84 Å². The molecular formula is C18H30O4. The Morgan fingerprint density at radius 2 is 1.91 bits per heavy atom. The molecule has 1 saturated carbocycles. The zero-order valence-corrected chi connectivity index (χ0v) is 14.2. The fraction of sp³-hybridized carbons (Fsp3) is 0.778. The van der Waals surface area contributed by atoms with E-state index < -0.39 is 11.6 Å². The molecule has 0 amide bonds. The third-order valence-electron chi connectivity index (χ3n) is 4.47. The lowest BCUT2D eigenvalue weighted by Crippen LogP contribution is -2.32. The van der Waals surface area contributed by atoms with E-state index in [2.05, 4.69) is 6.58 Å². The van der Waals surface area contributed by atoms with Crippen LogP contribution in [0.5, 0.6) is 0 Å². The lowest BCUT2D eigenvalue weighted by molar-refractivity contribution is -0.156. The largest absolute Gasteiger partial charge is 0.481 e. The van der Waals surface area contributed by atoms with Crippen molar-refractivity contribution in [1.29, 1.82) is 0 Å². The predicted molar refractivity (Wildman–Crippen MR) is 86.5 cm³/mol. The molecule has 0 radical (unpaired) electrons. The number of ether oxygens (including phenoxy) is 1. The van der Waals surface area contributed by atoms with Crippen molar-refractivity contribution in [2.75, 3.05) is 0 Å². The zero-order chi connectivity index (χ0) is 16.8. The molecule has 0 heterocycles. The van der Waals surface area contributed by atoms with E-state index in [1.807, 2.05) is 26.8 Å². The fourth-order valence-electron chi connectivity index (χ4n) is 3.36. The first kappa shape index (κ1) is 18.7. The maximum atomic E-state index is 11.9. The molecule has 0 aliphatic heterocycles. The first-order valence-electron chi connectivity index (χ1n) is 8.20. The van der Waals surface area contributed by atoms with Crippen molar-refractivity contribution in [2.45, 2.75) is 77.7 Å². The van der Waals surface area contributed by atoms with Crippen LogP contribution in [-0.4, -0.2) is 22.6 Å². The summed E-state index contributed by atoms with van der Waals surface area (Å²) >= 11 is 0. The molecule has 1 aliphatic carbocycles. The van der Waals surface area contributed by atoms with Gasteiger partial charge in [-0.25, -0.2) is 0 Å². The van der Waals surface area contributed by atoms with Crippen molar-refractivity contribution in [2.24, 2.45) is 11.3 Å². The number of hydrogen-bond acceptors (Lipinski definition) is 3. The van der Waals surface area contributed by atoms with E-state index in [0.29, 0.717) is 18.8 Å². The lowest BCUT2D eigenvalue weighted by Gasteiger charge is -2.39. The molecule has 0 atom stereocenters. The molecule has 0 unspecified atom stereocenters. The number of hydrogen-bond donors (Lipinski definition) is 1. The highest BCUT2D eigenvalue weighted by Crippen LogP contribution is 2.46. The molecule has 1 fully saturated rings. The average Bonchev–Trinajstić information content (AvgIpc) is 2.37. The van der Waals surface area contributed by atoms with Gasteiger partial charge in [0.25, 0.3) is 0 Å². The fourth-order valence-corrected chi connectivity index (χ4v) is 3.36. The minimum absolute atomic E-state index is 0.149. The first-order chi connectivity index (χ1) is 10.2. The van der Waals surface area contributed by atoms with E-state index in [0.717, 1.165) is 32.1 Å². The van der Waals surface area contributed by atoms with Gasteiger partial charge in [-0.3, -0.25) is 9.59 Å². The van der Waals surface area contributed by atoms with E-state index in [1.54, 1.807) is 0 Å². The second kappa shape index (κ2) is 7.80. The summed E-state index contributed by atoms with van der Waals surface area (Å²) in [5.41, 5.74) is -0.737. The molecular weight excluding hydrogens is 280 g/mol. The van der Waals surface area contributed by atoms with Crippen LogP contribution in [0.3, 0.4) is 0 Å². The van der Waals surface area contributed by atoms with E-state index in [-0.39, 0.29) is 17.8 Å². The van der Waals surface area contributed by atoms with Crippen LogP contribution in [0.1, 0.15) is 72.1 Å². The molecule has 0 aromatic heterocycles. The summed E-state index contributed by atoms with van der Waals surface area (Å²) in [4.78, 5) is 23.1. The van der Waals surface area contributed by atoms with Gasteiger partial charge in [-0.15, -0.1) is 6.58 Å². The minimum Gasteiger partial charge on any atom is -0.481 e. The Kier molecular flexibility index (Phi) is 6.64. The van der Waals surface area contributed by atoms with Gasteiger partial charge in [0.1, 0.15) is 5.60 Å². The molecule has 0 spiro atoms. The highest BCUT2D eigenvalue weighted by Gasteiger charge is 2.37. The monoisotopic (exact) mass is 310 g/mol. The molecule has 1 aliphatic rings. The third-order valence-corrected chi connectivity index (χ3v) is 4.47. The summed E-state index contributed by atoms with van der Waals surface area (Å²) < 4.78 is 5.34. The van der Waals surface area contributed by atoms with Gasteiger partial charge in [0.15, 0.2) is 0 Å². The molecule has 0 aromatic rings. The Hall–Kier alpha value is -1.32. The molecule has 0 aromatic carbocycles. The van der Waals surface area contributed by atoms with E-state index in [9.17, 15) is 14.7 Å². The SMILES string of the molecule is C=CCC1CCC(CCC(=O)OC(C)(C)C)(CC(=O)O)CC1. The second-order valence-electron chi connectivity index (χ2n) is 7.62. The average molecular weight is 310 g/mol. The molecule has 0 bridgehead atoms. The van der Waals surface area contributed by atoms with Crippen molar-refractivity contribution in [3.05, 3.63) is 12.7 Å². The van der Waals surface area contributed by atoms with Crippen LogP contribution in [0.4, 0.5) is 0 Å². The number of carboxylic acid groups (broad SMARTS) is 1.